The minimum Gasteiger partial charge on any atom is -0.494 e. The molecule has 1 heterocycles. The second-order valence-electron chi connectivity index (χ2n) is 3.66. The number of halogens is 1. The van der Waals surface area contributed by atoms with Crippen molar-refractivity contribution in [3.63, 3.8) is 0 Å². The van der Waals surface area contributed by atoms with Crippen molar-refractivity contribution in [1.82, 2.24) is 9.78 Å². The first-order chi connectivity index (χ1) is 8.15. The van der Waals surface area contributed by atoms with E-state index in [9.17, 15) is 0 Å². The largest absolute Gasteiger partial charge is 0.494 e. The molecule has 1 aromatic carbocycles. The van der Waals surface area contributed by atoms with Gasteiger partial charge >= 0.3 is 0 Å². The number of aryl methyl sites for hydroxylation is 1. The lowest BCUT2D eigenvalue weighted by atomic mass is 10.3. The molecule has 0 fully saturated rings. The minimum absolute atomic E-state index is 0.0330. The summed E-state index contributed by atoms with van der Waals surface area (Å²) >= 11 is 5.96. The summed E-state index contributed by atoms with van der Waals surface area (Å²) in [7, 11) is 1.59. The van der Waals surface area contributed by atoms with Gasteiger partial charge in [-0.15, -0.1) is 0 Å². The molecule has 0 spiro atoms. The van der Waals surface area contributed by atoms with Gasteiger partial charge in [0.2, 0.25) is 0 Å². The number of ether oxygens (including phenoxy) is 1. The van der Waals surface area contributed by atoms with Gasteiger partial charge in [0, 0.05) is 16.8 Å². The summed E-state index contributed by atoms with van der Waals surface area (Å²) in [5.74, 6) is 0.682. The number of aliphatic hydroxyl groups is 1. The number of aromatic nitrogens is 2. The van der Waals surface area contributed by atoms with Gasteiger partial charge in [-0.1, -0.05) is 11.6 Å². The van der Waals surface area contributed by atoms with Crippen LogP contribution in [0.2, 0.25) is 5.02 Å². The van der Waals surface area contributed by atoms with Crippen LogP contribution in [0.15, 0.2) is 24.4 Å². The van der Waals surface area contributed by atoms with Gasteiger partial charge in [0.1, 0.15) is 11.4 Å². The average molecular weight is 253 g/mol. The van der Waals surface area contributed by atoms with Crippen LogP contribution in [0.4, 0.5) is 0 Å². The predicted molar refractivity (Wildman–Crippen MR) is 65.8 cm³/mol. The van der Waals surface area contributed by atoms with Gasteiger partial charge < -0.3 is 9.84 Å². The summed E-state index contributed by atoms with van der Waals surface area (Å²) < 4.78 is 6.91. The Labute approximate surface area is 104 Å². The molecule has 17 heavy (non-hydrogen) atoms. The Morgan fingerprint density at radius 1 is 1.47 bits per heavy atom. The zero-order chi connectivity index (χ0) is 12.4. The van der Waals surface area contributed by atoms with Gasteiger partial charge in [0.15, 0.2) is 0 Å². The zero-order valence-electron chi connectivity index (χ0n) is 9.64. The van der Waals surface area contributed by atoms with Crippen LogP contribution in [-0.2, 0) is 6.61 Å². The number of aliphatic hydroxyl groups excluding tert-OH is 1. The minimum atomic E-state index is -0.0330. The molecule has 90 valence electrons. The predicted octanol–water partition coefficient (Wildman–Crippen LogP) is 2.34. The molecule has 1 N–H and O–H groups in total. The molecule has 0 unspecified atom stereocenters. The number of nitrogens with zero attached hydrogens (tertiary/aromatic N) is 2. The van der Waals surface area contributed by atoms with Gasteiger partial charge in [0.25, 0.3) is 0 Å². The maximum absolute atomic E-state index is 9.15. The lowest BCUT2D eigenvalue weighted by Crippen LogP contribution is -1.98. The van der Waals surface area contributed by atoms with Crippen LogP contribution in [0.5, 0.6) is 5.75 Å². The standard InChI is InChI=1S/C12H13ClN2O2/c1-8-9(7-16)6-15(14-8)11-5-10(13)3-4-12(11)17-2/h3-6,16H,7H2,1-2H3. The first-order valence-corrected chi connectivity index (χ1v) is 5.53. The van der Waals surface area contributed by atoms with Gasteiger partial charge in [-0.3, -0.25) is 0 Å². The highest BCUT2D eigenvalue weighted by molar-refractivity contribution is 6.30. The Morgan fingerprint density at radius 3 is 2.82 bits per heavy atom. The molecule has 5 heteroatoms. The average Bonchev–Trinajstić information content (AvgIpc) is 2.70. The highest BCUT2D eigenvalue weighted by Crippen LogP contribution is 2.26. The fourth-order valence-corrected chi connectivity index (χ4v) is 1.78. The highest BCUT2D eigenvalue weighted by atomic mass is 35.5. The Balaban J connectivity index is 2.54. The molecule has 0 aliphatic heterocycles. The Morgan fingerprint density at radius 2 is 2.24 bits per heavy atom. The number of hydrogen-bond donors (Lipinski definition) is 1. The number of methoxy groups -OCH3 is 1. The molecular weight excluding hydrogens is 240 g/mol. The SMILES string of the molecule is COc1ccc(Cl)cc1-n1cc(CO)c(C)n1. The van der Waals surface area contributed by atoms with Gasteiger partial charge in [-0.25, -0.2) is 4.68 Å². The Kier molecular flexibility index (Phi) is 3.36. The van der Waals surface area contributed by atoms with E-state index in [1.807, 2.05) is 6.92 Å². The topological polar surface area (TPSA) is 47.3 Å². The van der Waals surface area contributed by atoms with Crippen LogP contribution in [0.3, 0.4) is 0 Å². The summed E-state index contributed by atoms with van der Waals surface area (Å²) in [6, 6.07) is 5.31. The summed E-state index contributed by atoms with van der Waals surface area (Å²) in [6.45, 7) is 1.81. The molecule has 0 atom stereocenters. The van der Waals surface area contributed by atoms with E-state index in [1.165, 1.54) is 0 Å². The van der Waals surface area contributed by atoms with Crippen molar-refractivity contribution < 1.29 is 9.84 Å². The van der Waals surface area contributed by atoms with Gasteiger partial charge in [0.05, 0.1) is 19.4 Å². The highest BCUT2D eigenvalue weighted by Gasteiger charge is 2.10. The molecule has 2 rings (SSSR count). The fraction of sp³-hybridized carbons (Fsp3) is 0.250. The summed E-state index contributed by atoms with van der Waals surface area (Å²) in [4.78, 5) is 0. The molecule has 0 amide bonds. The molecule has 4 nitrogen and oxygen atoms in total. The van der Waals surface area contributed by atoms with Gasteiger partial charge in [-0.05, 0) is 25.1 Å². The van der Waals surface area contributed by atoms with Crippen LogP contribution in [-0.4, -0.2) is 22.0 Å². The second-order valence-corrected chi connectivity index (χ2v) is 4.10. The Hall–Kier alpha value is -1.52. The molecule has 0 saturated heterocycles. The first kappa shape index (κ1) is 12.0. The molecule has 0 aliphatic carbocycles. The van der Waals surface area contributed by atoms with E-state index >= 15 is 0 Å². The van der Waals surface area contributed by atoms with Crippen molar-refractivity contribution in [2.45, 2.75) is 13.5 Å². The van der Waals surface area contributed by atoms with Crippen molar-refractivity contribution in [2.75, 3.05) is 7.11 Å². The van der Waals surface area contributed by atoms with Gasteiger partial charge in [-0.2, -0.15) is 5.10 Å². The van der Waals surface area contributed by atoms with E-state index in [-0.39, 0.29) is 6.61 Å². The first-order valence-electron chi connectivity index (χ1n) is 5.15. The fourth-order valence-electron chi connectivity index (χ4n) is 1.62. The molecule has 2 aromatic rings. The van der Waals surface area contributed by atoms with Crippen LogP contribution >= 0.6 is 11.6 Å². The second kappa shape index (κ2) is 4.77. The smallest absolute Gasteiger partial charge is 0.144 e. The van der Waals surface area contributed by atoms with Crippen molar-refractivity contribution in [3.8, 4) is 11.4 Å². The molecule has 0 aliphatic rings. The van der Waals surface area contributed by atoms with Crippen LogP contribution in [0.1, 0.15) is 11.3 Å². The van der Waals surface area contributed by atoms with Crippen LogP contribution < -0.4 is 4.74 Å². The zero-order valence-corrected chi connectivity index (χ0v) is 10.4. The number of hydrogen-bond acceptors (Lipinski definition) is 3. The van der Waals surface area contributed by atoms with E-state index in [4.69, 9.17) is 21.4 Å². The molecule has 0 saturated carbocycles. The maximum atomic E-state index is 9.15. The summed E-state index contributed by atoms with van der Waals surface area (Å²) in [5, 5.41) is 14.1. The van der Waals surface area contributed by atoms with Crippen LogP contribution in [0, 0.1) is 6.92 Å². The normalized spacial score (nSPS) is 10.6. The third-order valence-electron chi connectivity index (χ3n) is 2.56. The van der Waals surface area contributed by atoms with E-state index in [0.717, 1.165) is 16.9 Å². The number of benzene rings is 1. The summed E-state index contributed by atoms with van der Waals surface area (Å²) in [6.07, 6.45) is 1.77. The molecule has 0 bridgehead atoms. The van der Waals surface area contributed by atoms with E-state index in [2.05, 4.69) is 5.10 Å². The third-order valence-corrected chi connectivity index (χ3v) is 2.79. The van der Waals surface area contributed by atoms with Crippen molar-refractivity contribution in [1.29, 1.82) is 0 Å². The van der Waals surface area contributed by atoms with E-state index in [1.54, 1.807) is 36.2 Å². The maximum Gasteiger partial charge on any atom is 0.144 e. The van der Waals surface area contributed by atoms with Crippen molar-refractivity contribution in [3.05, 3.63) is 40.7 Å². The van der Waals surface area contributed by atoms with Crippen molar-refractivity contribution >= 4 is 11.6 Å². The van der Waals surface area contributed by atoms with E-state index < -0.39 is 0 Å². The lowest BCUT2D eigenvalue weighted by Gasteiger charge is -2.08. The molecule has 0 radical (unpaired) electrons. The molecule has 1 aromatic heterocycles. The van der Waals surface area contributed by atoms with Crippen molar-refractivity contribution in [2.24, 2.45) is 0 Å². The molecular formula is C12H13ClN2O2. The van der Waals surface area contributed by atoms with E-state index in [0.29, 0.717) is 10.8 Å². The van der Waals surface area contributed by atoms with Crippen LogP contribution in [0.25, 0.3) is 5.69 Å². The third kappa shape index (κ3) is 2.28. The summed E-state index contributed by atoms with van der Waals surface area (Å²) in [5.41, 5.74) is 2.32. The monoisotopic (exact) mass is 252 g/mol. The Bertz CT molecular complexity index is 537. The quantitative estimate of drug-likeness (QED) is 0.912. The number of rotatable bonds is 3. The lowest BCUT2D eigenvalue weighted by molar-refractivity contribution is 0.281.